The molecule has 0 saturated heterocycles. The average Bonchev–Trinajstić information content (AvgIpc) is 3.24. The predicted octanol–water partition coefficient (Wildman–Crippen LogP) is 4.03. The summed E-state index contributed by atoms with van der Waals surface area (Å²) in [4.78, 5) is 15.4. The molecular weight excluding hydrogens is 392 g/mol. The molecule has 0 fully saturated rings. The van der Waals surface area contributed by atoms with Gasteiger partial charge < -0.3 is 20.1 Å². The molecule has 2 aromatic heterocycles. The SMILES string of the molecule is COc1ccc(OC)c(Nc2cc(Nc3ccccn3)c([N+](=O)[O-])c3nonc23)c1. The summed E-state index contributed by atoms with van der Waals surface area (Å²) in [5.74, 6) is 1.57. The van der Waals surface area contributed by atoms with Crippen molar-refractivity contribution in [2.45, 2.75) is 0 Å². The highest BCUT2D eigenvalue weighted by atomic mass is 16.6. The molecule has 4 aromatic rings. The number of nitrogens with zero attached hydrogens (tertiary/aromatic N) is 4. The fourth-order valence-corrected chi connectivity index (χ4v) is 2.94. The van der Waals surface area contributed by atoms with E-state index in [4.69, 9.17) is 14.1 Å². The molecule has 0 aliphatic heterocycles. The van der Waals surface area contributed by atoms with E-state index in [0.717, 1.165) is 0 Å². The van der Waals surface area contributed by atoms with E-state index in [9.17, 15) is 10.1 Å². The minimum absolute atomic E-state index is 0.00899. The molecule has 2 aromatic carbocycles. The van der Waals surface area contributed by atoms with Gasteiger partial charge in [-0.2, -0.15) is 0 Å². The van der Waals surface area contributed by atoms with Gasteiger partial charge in [0, 0.05) is 12.3 Å². The predicted molar refractivity (Wildman–Crippen MR) is 109 cm³/mol. The lowest BCUT2D eigenvalue weighted by molar-refractivity contribution is -0.382. The van der Waals surface area contributed by atoms with Crippen LogP contribution in [0.3, 0.4) is 0 Å². The molecule has 4 rings (SSSR count). The Kier molecular flexibility index (Phi) is 4.99. The summed E-state index contributed by atoms with van der Waals surface area (Å²) >= 11 is 0. The van der Waals surface area contributed by atoms with Crippen LogP contribution in [0.25, 0.3) is 11.0 Å². The number of anilines is 4. The van der Waals surface area contributed by atoms with Gasteiger partial charge in [-0.1, -0.05) is 6.07 Å². The zero-order valence-corrected chi connectivity index (χ0v) is 15.9. The standard InChI is InChI=1S/C19H16N6O5/c1-28-11-6-7-15(29-2)12(9-11)21-13-10-14(22-16-5-3-4-8-20-16)19(25(26)27)18-17(13)23-30-24-18/h3-10,21H,1-2H3,(H,20,22). The third-order valence-electron chi connectivity index (χ3n) is 4.30. The summed E-state index contributed by atoms with van der Waals surface area (Å²) in [6.45, 7) is 0. The molecule has 11 nitrogen and oxygen atoms in total. The number of nitro groups is 1. The van der Waals surface area contributed by atoms with Crippen molar-refractivity contribution in [2.75, 3.05) is 24.9 Å². The van der Waals surface area contributed by atoms with E-state index in [2.05, 4.69) is 25.9 Å². The van der Waals surface area contributed by atoms with Gasteiger partial charge in [-0.3, -0.25) is 10.1 Å². The fourth-order valence-electron chi connectivity index (χ4n) is 2.94. The molecule has 2 N–H and O–H groups in total. The first-order chi connectivity index (χ1) is 14.6. The van der Waals surface area contributed by atoms with Gasteiger partial charge in [0.25, 0.3) is 0 Å². The van der Waals surface area contributed by atoms with Crippen molar-refractivity contribution in [3.05, 3.63) is 58.8 Å². The van der Waals surface area contributed by atoms with Crippen molar-refractivity contribution in [1.82, 2.24) is 15.3 Å². The monoisotopic (exact) mass is 408 g/mol. The van der Waals surface area contributed by atoms with E-state index >= 15 is 0 Å². The van der Waals surface area contributed by atoms with Crippen LogP contribution in [0.1, 0.15) is 0 Å². The molecule has 152 valence electrons. The second-order valence-electron chi connectivity index (χ2n) is 6.07. The van der Waals surface area contributed by atoms with Gasteiger partial charge >= 0.3 is 5.69 Å². The first kappa shape index (κ1) is 18.9. The van der Waals surface area contributed by atoms with E-state index in [-0.39, 0.29) is 22.4 Å². The van der Waals surface area contributed by atoms with Gasteiger partial charge in [0.05, 0.1) is 30.5 Å². The number of rotatable bonds is 7. The second kappa shape index (κ2) is 7.91. The highest BCUT2D eigenvalue weighted by molar-refractivity contribution is 6.01. The minimum atomic E-state index is -0.548. The molecule has 0 saturated carbocycles. The van der Waals surface area contributed by atoms with Crippen LogP contribution >= 0.6 is 0 Å². The number of nitrogens with one attached hydrogen (secondary N) is 2. The Balaban J connectivity index is 1.86. The molecule has 0 spiro atoms. The van der Waals surface area contributed by atoms with Gasteiger partial charge in [-0.25, -0.2) is 9.61 Å². The van der Waals surface area contributed by atoms with Gasteiger partial charge in [0.2, 0.25) is 5.52 Å². The molecule has 0 unspecified atom stereocenters. The highest BCUT2D eigenvalue weighted by Crippen LogP contribution is 2.40. The molecule has 2 heterocycles. The van der Waals surface area contributed by atoms with Crippen molar-refractivity contribution < 1.29 is 19.0 Å². The summed E-state index contributed by atoms with van der Waals surface area (Å²) in [6, 6.07) is 11.9. The van der Waals surface area contributed by atoms with Crippen LogP contribution in [0.5, 0.6) is 11.5 Å². The molecule has 0 bridgehead atoms. The third kappa shape index (κ3) is 3.51. The van der Waals surface area contributed by atoms with Crippen LogP contribution in [0.2, 0.25) is 0 Å². The Hall–Kier alpha value is -4.41. The summed E-state index contributed by atoms with van der Waals surface area (Å²) < 4.78 is 15.4. The lowest BCUT2D eigenvalue weighted by Crippen LogP contribution is -2.02. The molecule has 30 heavy (non-hydrogen) atoms. The molecular formula is C19H16N6O5. The van der Waals surface area contributed by atoms with Crippen LogP contribution in [-0.2, 0) is 0 Å². The van der Waals surface area contributed by atoms with Crippen LogP contribution in [0.4, 0.5) is 28.6 Å². The van der Waals surface area contributed by atoms with Crippen LogP contribution in [0.15, 0.2) is 53.3 Å². The van der Waals surface area contributed by atoms with Crippen LogP contribution in [-0.4, -0.2) is 34.4 Å². The average molecular weight is 408 g/mol. The van der Waals surface area contributed by atoms with Crippen molar-refractivity contribution >= 4 is 39.6 Å². The third-order valence-corrected chi connectivity index (χ3v) is 4.30. The highest BCUT2D eigenvalue weighted by Gasteiger charge is 2.26. The molecule has 0 aliphatic carbocycles. The minimum Gasteiger partial charge on any atom is -0.497 e. The molecule has 0 radical (unpaired) electrons. The number of hydrogen-bond donors (Lipinski definition) is 2. The molecule has 0 atom stereocenters. The smallest absolute Gasteiger partial charge is 0.324 e. The number of benzene rings is 2. The largest absolute Gasteiger partial charge is 0.497 e. The topological polar surface area (TPSA) is 137 Å². The van der Waals surface area contributed by atoms with Crippen LogP contribution < -0.4 is 20.1 Å². The van der Waals surface area contributed by atoms with E-state index in [1.54, 1.807) is 49.7 Å². The maximum Gasteiger partial charge on any atom is 0.324 e. The molecule has 11 heteroatoms. The van der Waals surface area contributed by atoms with Crippen molar-refractivity contribution in [2.24, 2.45) is 0 Å². The Morgan fingerprint density at radius 3 is 2.50 bits per heavy atom. The number of methoxy groups -OCH3 is 2. The number of ether oxygens (including phenoxy) is 2. The van der Waals surface area contributed by atoms with Crippen molar-refractivity contribution in [3.63, 3.8) is 0 Å². The van der Waals surface area contributed by atoms with Gasteiger partial charge in [0.1, 0.15) is 23.0 Å². The van der Waals surface area contributed by atoms with Crippen molar-refractivity contribution in [1.29, 1.82) is 0 Å². The van der Waals surface area contributed by atoms with E-state index < -0.39 is 4.92 Å². The number of pyridine rings is 1. The summed E-state index contributed by atoms with van der Waals surface area (Å²) in [7, 11) is 3.08. The maximum atomic E-state index is 11.8. The first-order valence-corrected chi connectivity index (χ1v) is 8.71. The zero-order valence-electron chi connectivity index (χ0n) is 15.9. The van der Waals surface area contributed by atoms with Gasteiger partial charge in [-0.05, 0) is 40.6 Å². The van der Waals surface area contributed by atoms with E-state index in [0.29, 0.717) is 28.7 Å². The van der Waals surface area contributed by atoms with Crippen molar-refractivity contribution in [3.8, 4) is 11.5 Å². The Labute approximate surface area is 169 Å². The Morgan fingerprint density at radius 2 is 1.80 bits per heavy atom. The Bertz CT molecular complexity index is 1210. The number of aromatic nitrogens is 3. The lowest BCUT2D eigenvalue weighted by atomic mass is 10.1. The summed E-state index contributed by atoms with van der Waals surface area (Å²) in [5.41, 5.74) is 1.07. The summed E-state index contributed by atoms with van der Waals surface area (Å²) in [6.07, 6.45) is 1.57. The molecule has 0 aliphatic rings. The molecule has 0 amide bonds. The van der Waals surface area contributed by atoms with Crippen LogP contribution in [0, 0.1) is 10.1 Å². The maximum absolute atomic E-state index is 11.8. The van der Waals surface area contributed by atoms with E-state index in [1.165, 1.54) is 13.2 Å². The zero-order chi connectivity index (χ0) is 21.1. The van der Waals surface area contributed by atoms with E-state index in [1.807, 2.05) is 0 Å². The van der Waals surface area contributed by atoms with Gasteiger partial charge in [-0.15, -0.1) is 0 Å². The fraction of sp³-hybridized carbons (Fsp3) is 0.105. The lowest BCUT2D eigenvalue weighted by Gasteiger charge is -2.14. The number of nitro benzene ring substituents is 1. The van der Waals surface area contributed by atoms with Gasteiger partial charge in [0.15, 0.2) is 5.52 Å². The normalized spacial score (nSPS) is 10.6. The quantitative estimate of drug-likeness (QED) is 0.340. The summed E-state index contributed by atoms with van der Waals surface area (Å²) in [5, 5.41) is 25.5. The number of hydrogen-bond acceptors (Lipinski definition) is 10. The second-order valence-corrected chi connectivity index (χ2v) is 6.07. The first-order valence-electron chi connectivity index (χ1n) is 8.71. The Morgan fingerprint density at radius 1 is 0.967 bits per heavy atom. The number of fused-ring (bicyclic) bond motifs is 1.